The van der Waals surface area contributed by atoms with E-state index in [1.54, 1.807) is 14.2 Å². The molecule has 1 aliphatic rings. The molecule has 0 amide bonds. The van der Waals surface area contributed by atoms with E-state index in [9.17, 15) is 5.26 Å². The topological polar surface area (TPSA) is 77.5 Å². The number of benzene rings is 3. The first-order chi connectivity index (χ1) is 13.2. The summed E-state index contributed by atoms with van der Waals surface area (Å²) in [7, 11) is 3.21. The Morgan fingerprint density at radius 3 is 2.59 bits per heavy atom. The number of ether oxygens (including phenoxy) is 3. The molecular formula is C22H18N2O3. The Morgan fingerprint density at radius 1 is 1.04 bits per heavy atom. The van der Waals surface area contributed by atoms with Crippen LogP contribution in [0.15, 0.2) is 66.1 Å². The summed E-state index contributed by atoms with van der Waals surface area (Å²) in [5.74, 6) is 1.65. The van der Waals surface area contributed by atoms with E-state index < -0.39 is 5.92 Å². The quantitative estimate of drug-likeness (QED) is 0.763. The first kappa shape index (κ1) is 16.8. The largest absolute Gasteiger partial charge is 0.497 e. The molecule has 5 nitrogen and oxygen atoms in total. The lowest BCUT2D eigenvalue weighted by molar-refractivity contribution is 0.384. The van der Waals surface area contributed by atoms with Crippen LogP contribution >= 0.6 is 0 Å². The summed E-state index contributed by atoms with van der Waals surface area (Å²) in [5, 5.41) is 11.9. The molecule has 0 fully saturated rings. The molecular weight excluding hydrogens is 340 g/mol. The maximum Gasteiger partial charge on any atom is 0.205 e. The van der Waals surface area contributed by atoms with E-state index in [2.05, 4.69) is 6.07 Å². The predicted octanol–water partition coefficient (Wildman–Crippen LogP) is 4.08. The predicted molar refractivity (Wildman–Crippen MR) is 103 cm³/mol. The molecule has 1 aliphatic heterocycles. The molecule has 4 rings (SSSR count). The molecule has 3 aromatic rings. The van der Waals surface area contributed by atoms with Crippen LogP contribution in [0.25, 0.3) is 10.8 Å². The molecule has 0 saturated heterocycles. The number of methoxy groups -OCH3 is 2. The smallest absolute Gasteiger partial charge is 0.205 e. The average molecular weight is 358 g/mol. The molecule has 0 saturated carbocycles. The van der Waals surface area contributed by atoms with E-state index in [1.807, 2.05) is 54.6 Å². The zero-order chi connectivity index (χ0) is 19.0. The Bertz CT molecular complexity index is 1110. The molecule has 0 bridgehead atoms. The summed E-state index contributed by atoms with van der Waals surface area (Å²) in [6.45, 7) is 0. The Kier molecular flexibility index (Phi) is 4.09. The number of nitrogens with zero attached hydrogens (tertiary/aromatic N) is 1. The summed E-state index contributed by atoms with van der Waals surface area (Å²) in [4.78, 5) is 0. The second kappa shape index (κ2) is 6.58. The number of rotatable bonds is 3. The first-order valence-corrected chi connectivity index (χ1v) is 8.49. The van der Waals surface area contributed by atoms with Gasteiger partial charge in [-0.15, -0.1) is 0 Å². The number of fused-ring (bicyclic) bond motifs is 3. The Balaban J connectivity index is 2.08. The number of allylic oxidation sites excluding steroid dienone is 1. The molecule has 0 radical (unpaired) electrons. The van der Waals surface area contributed by atoms with Crippen molar-refractivity contribution in [2.45, 2.75) is 5.92 Å². The van der Waals surface area contributed by atoms with Gasteiger partial charge >= 0.3 is 0 Å². The maximum absolute atomic E-state index is 9.84. The van der Waals surface area contributed by atoms with Gasteiger partial charge in [-0.1, -0.05) is 30.3 Å². The van der Waals surface area contributed by atoms with E-state index in [1.165, 1.54) is 0 Å². The molecule has 5 heteroatoms. The molecule has 0 spiro atoms. The second-order valence-corrected chi connectivity index (χ2v) is 6.23. The van der Waals surface area contributed by atoms with E-state index in [0.717, 1.165) is 21.9 Å². The number of hydrogen-bond acceptors (Lipinski definition) is 5. The van der Waals surface area contributed by atoms with Crippen LogP contribution in [0.2, 0.25) is 0 Å². The second-order valence-electron chi connectivity index (χ2n) is 6.23. The van der Waals surface area contributed by atoms with E-state index in [0.29, 0.717) is 22.8 Å². The summed E-state index contributed by atoms with van der Waals surface area (Å²) in [6.07, 6.45) is 0. The zero-order valence-electron chi connectivity index (χ0n) is 15.0. The van der Waals surface area contributed by atoms with Crippen molar-refractivity contribution in [3.8, 4) is 23.3 Å². The highest BCUT2D eigenvalue weighted by Crippen LogP contribution is 2.48. The van der Waals surface area contributed by atoms with Gasteiger partial charge < -0.3 is 19.9 Å². The van der Waals surface area contributed by atoms with Gasteiger partial charge in [0.05, 0.1) is 20.1 Å². The van der Waals surface area contributed by atoms with Gasteiger partial charge in [0.1, 0.15) is 28.9 Å². The molecule has 2 N–H and O–H groups in total. The lowest BCUT2D eigenvalue weighted by Gasteiger charge is -2.29. The van der Waals surface area contributed by atoms with Crippen molar-refractivity contribution in [2.24, 2.45) is 5.73 Å². The molecule has 0 aliphatic carbocycles. The van der Waals surface area contributed by atoms with Crippen molar-refractivity contribution in [1.29, 1.82) is 5.26 Å². The fourth-order valence-electron chi connectivity index (χ4n) is 3.62. The van der Waals surface area contributed by atoms with Crippen molar-refractivity contribution in [1.82, 2.24) is 0 Å². The van der Waals surface area contributed by atoms with Gasteiger partial charge in [-0.05, 0) is 35.0 Å². The van der Waals surface area contributed by atoms with Gasteiger partial charge in [0.25, 0.3) is 0 Å². The van der Waals surface area contributed by atoms with Gasteiger partial charge in [-0.25, -0.2) is 0 Å². The van der Waals surface area contributed by atoms with Crippen LogP contribution in [0.1, 0.15) is 17.0 Å². The summed E-state index contributed by atoms with van der Waals surface area (Å²) >= 11 is 0. The van der Waals surface area contributed by atoms with Gasteiger partial charge in [0, 0.05) is 11.1 Å². The SMILES string of the molecule is COc1ccc(OC)c([C@H]2C(C#N)=C(N)Oc3ccc4ccccc4c32)c1. The molecule has 3 aromatic carbocycles. The Morgan fingerprint density at radius 2 is 1.85 bits per heavy atom. The van der Waals surface area contributed by atoms with Gasteiger partial charge in [0.2, 0.25) is 5.88 Å². The standard InChI is InChI=1S/C22H18N2O3/c1-25-14-8-10-18(26-2)16(11-14)20-17(12-23)22(24)27-19-9-7-13-5-3-4-6-15(13)21(19)20/h3-11,20H,24H2,1-2H3/t20-/m0/s1. The Hall–Kier alpha value is -3.65. The highest BCUT2D eigenvalue weighted by molar-refractivity contribution is 5.90. The summed E-state index contributed by atoms with van der Waals surface area (Å²) < 4.78 is 16.8. The van der Waals surface area contributed by atoms with Crippen LogP contribution in [0.3, 0.4) is 0 Å². The van der Waals surface area contributed by atoms with E-state index in [-0.39, 0.29) is 5.88 Å². The Labute approximate surface area is 157 Å². The highest BCUT2D eigenvalue weighted by Gasteiger charge is 2.34. The fraction of sp³-hybridized carbons (Fsp3) is 0.136. The normalized spacial score (nSPS) is 15.7. The lowest BCUT2D eigenvalue weighted by atomic mass is 9.80. The van der Waals surface area contributed by atoms with Crippen molar-refractivity contribution in [2.75, 3.05) is 14.2 Å². The van der Waals surface area contributed by atoms with Gasteiger partial charge in [-0.2, -0.15) is 5.26 Å². The van der Waals surface area contributed by atoms with Crippen LogP contribution in [0, 0.1) is 11.3 Å². The summed E-state index contributed by atoms with van der Waals surface area (Å²) in [5.41, 5.74) is 8.15. The fourth-order valence-corrected chi connectivity index (χ4v) is 3.62. The number of nitriles is 1. The minimum atomic E-state index is -0.421. The van der Waals surface area contributed by atoms with Crippen molar-refractivity contribution in [3.05, 3.63) is 77.2 Å². The van der Waals surface area contributed by atoms with Crippen LogP contribution in [0.4, 0.5) is 0 Å². The van der Waals surface area contributed by atoms with Crippen LogP contribution in [0.5, 0.6) is 17.2 Å². The maximum atomic E-state index is 9.84. The minimum Gasteiger partial charge on any atom is -0.497 e. The average Bonchev–Trinajstić information content (AvgIpc) is 2.72. The zero-order valence-corrected chi connectivity index (χ0v) is 15.0. The third kappa shape index (κ3) is 2.63. The van der Waals surface area contributed by atoms with Crippen molar-refractivity contribution < 1.29 is 14.2 Å². The minimum absolute atomic E-state index is 0.107. The molecule has 27 heavy (non-hydrogen) atoms. The molecule has 134 valence electrons. The van der Waals surface area contributed by atoms with Crippen molar-refractivity contribution in [3.63, 3.8) is 0 Å². The third-order valence-corrected chi connectivity index (χ3v) is 4.86. The molecule has 0 unspecified atom stereocenters. The molecule has 1 atom stereocenters. The van der Waals surface area contributed by atoms with Gasteiger partial charge in [-0.3, -0.25) is 0 Å². The monoisotopic (exact) mass is 358 g/mol. The first-order valence-electron chi connectivity index (χ1n) is 8.49. The van der Waals surface area contributed by atoms with Crippen molar-refractivity contribution >= 4 is 10.8 Å². The number of nitrogens with two attached hydrogens (primary N) is 1. The molecule has 1 heterocycles. The molecule has 0 aromatic heterocycles. The van der Waals surface area contributed by atoms with Crippen LogP contribution in [-0.4, -0.2) is 14.2 Å². The number of hydrogen-bond donors (Lipinski definition) is 1. The van der Waals surface area contributed by atoms with Crippen LogP contribution < -0.4 is 19.9 Å². The van der Waals surface area contributed by atoms with E-state index >= 15 is 0 Å². The lowest BCUT2D eigenvalue weighted by Crippen LogP contribution is -2.21. The third-order valence-electron chi connectivity index (χ3n) is 4.86. The van der Waals surface area contributed by atoms with Crippen LogP contribution in [-0.2, 0) is 0 Å². The van der Waals surface area contributed by atoms with E-state index in [4.69, 9.17) is 19.9 Å². The van der Waals surface area contributed by atoms with Gasteiger partial charge in [0.15, 0.2) is 0 Å². The summed E-state index contributed by atoms with van der Waals surface area (Å²) in [6, 6.07) is 19.6. The highest BCUT2D eigenvalue weighted by atomic mass is 16.5.